The van der Waals surface area contributed by atoms with Gasteiger partial charge in [0.15, 0.2) is 0 Å². The quantitative estimate of drug-likeness (QED) is 0.318. The molecule has 0 aliphatic carbocycles. The minimum absolute atomic E-state index is 0.0326. The van der Waals surface area contributed by atoms with E-state index in [0.717, 1.165) is 72.2 Å². The summed E-state index contributed by atoms with van der Waals surface area (Å²) in [4.78, 5) is 16.2. The fourth-order valence-electron chi connectivity index (χ4n) is 5.32. The van der Waals surface area contributed by atoms with Gasteiger partial charge in [-0.25, -0.2) is 4.39 Å². The van der Waals surface area contributed by atoms with Gasteiger partial charge in [-0.1, -0.05) is 49.4 Å². The summed E-state index contributed by atoms with van der Waals surface area (Å²) in [6.45, 7) is 6.57. The van der Waals surface area contributed by atoms with Crippen molar-refractivity contribution in [1.82, 2.24) is 0 Å². The van der Waals surface area contributed by atoms with Crippen LogP contribution in [0.25, 0.3) is 0 Å². The number of anilines is 1. The van der Waals surface area contributed by atoms with Gasteiger partial charge in [0.25, 0.3) is 5.91 Å². The molecular weight excluding hydrogens is 437 g/mol. The van der Waals surface area contributed by atoms with Crippen molar-refractivity contribution < 1.29 is 13.9 Å². The third-order valence-corrected chi connectivity index (χ3v) is 7.24. The number of ether oxygens (including phenoxy) is 1. The Morgan fingerprint density at radius 1 is 1.09 bits per heavy atom. The molecule has 1 heterocycles. The van der Waals surface area contributed by atoms with Crippen molar-refractivity contribution in [3.63, 3.8) is 0 Å². The molecule has 0 bridgehead atoms. The lowest BCUT2D eigenvalue weighted by molar-refractivity contribution is 0.0941. The van der Waals surface area contributed by atoms with E-state index in [2.05, 4.69) is 19.6 Å². The van der Waals surface area contributed by atoms with Crippen LogP contribution in [0, 0.1) is 5.82 Å². The molecule has 4 rings (SSSR count). The monoisotopic (exact) mass is 471 g/mol. The Bertz CT molecular complexity index is 1190. The minimum atomic E-state index is -0.391. The van der Waals surface area contributed by atoms with Crippen LogP contribution in [-0.2, 0) is 12.8 Å². The summed E-state index contributed by atoms with van der Waals surface area (Å²) in [6, 6.07) is 22.5. The van der Waals surface area contributed by atoms with Crippen molar-refractivity contribution in [1.29, 1.82) is 0 Å². The van der Waals surface area contributed by atoms with E-state index in [0.29, 0.717) is 6.42 Å². The first-order chi connectivity index (χ1) is 17.0. The number of fused-ring (bicyclic) bond motifs is 1. The number of rotatable bonds is 8. The fourth-order valence-corrected chi connectivity index (χ4v) is 5.32. The predicted molar refractivity (Wildman–Crippen MR) is 141 cm³/mol. The summed E-state index contributed by atoms with van der Waals surface area (Å²) in [6.07, 6.45) is 5.76. The third-order valence-electron chi connectivity index (χ3n) is 7.24. The Morgan fingerprint density at radius 2 is 1.86 bits per heavy atom. The standard InChI is InChI=1S/C31H34FNO2/c1-4-31(22-23(2)14-15-24-9-7-12-26(32)21-24)20-8-11-25-10-5-6-13-29(25)30(34)33(31)27-16-18-28(35-3)19-17-27/h5-7,9-10,12-13,16-19,21H,2,4,8,11,14-15,20,22H2,1,3H3. The molecule has 0 aromatic heterocycles. The highest BCUT2D eigenvalue weighted by Crippen LogP contribution is 2.40. The van der Waals surface area contributed by atoms with Crippen LogP contribution in [0.3, 0.4) is 0 Å². The zero-order valence-corrected chi connectivity index (χ0v) is 20.7. The number of hydrogen-bond donors (Lipinski definition) is 0. The summed E-state index contributed by atoms with van der Waals surface area (Å²) in [5.74, 6) is 0.577. The average Bonchev–Trinajstić information content (AvgIpc) is 2.87. The maximum atomic E-state index is 14.1. The molecular formula is C31H34FNO2. The molecule has 35 heavy (non-hydrogen) atoms. The van der Waals surface area contributed by atoms with Crippen molar-refractivity contribution in [3.05, 3.63) is 107 Å². The minimum Gasteiger partial charge on any atom is -0.497 e. The van der Waals surface area contributed by atoms with Gasteiger partial charge in [-0.3, -0.25) is 4.79 Å². The Hall–Kier alpha value is -3.40. The number of nitrogens with zero attached hydrogens (tertiary/aromatic N) is 1. The van der Waals surface area contributed by atoms with Crippen LogP contribution in [0.15, 0.2) is 84.9 Å². The zero-order chi connectivity index (χ0) is 24.8. The summed E-state index contributed by atoms with van der Waals surface area (Å²) < 4.78 is 19.0. The molecule has 0 fully saturated rings. The van der Waals surface area contributed by atoms with Crippen LogP contribution in [0.5, 0.6) is 5.75 Å². The summed E-state index contributed by atoms with van der Waals surface area (Å²) in [7, 11) is 1.64. The smallest absolute Gasteiger partial charge is 0.259 e. The highest BCUT2D eigenvalue weighted by molar-refractivity contribution is 6.08. The molecule has 3 aromatic carbocycles. The van der Waals surface area contributed by atoms with Gasteiger partial charge in [0.2, 0.25) is 0 Å². The largest absolute Gasteiger partial charge is 0.497 e. The van der Waals surface area contributed by atoms with E-state index < -0.39 is 5.54 Å². The maximum absolute atomic E-state index is 14.1. The molecule has 0 spiro atoms. The molecule has 3 nitrogen and oxygen atoms in total. The third kappa shape index (κ3) is 5.48. The molecule has 3 aromatic rings. The van der Waals surface area contributed by atoms with Gasteiger partial charge in [0, 0.05) is 11.3 Å². The average molecular weight is 472 g/mol. The summed E-state index contributed by atoms with van der Waals surface area (Å²) in [5.41, 5.74) is 4.39. The van der Waals surface area contributed by atoms with Crippen LogP contribution in [0.4, 0.5) is 10.1 Å². The van der Waals surface area contributed by atoms with Crippen LogP contribution in [-0.4, -0.2) is 18.6 Å². The number of hydrogen-bond acceptors (Lipinski definition) is 2. The first-order valence-electron chi connectivity index (χ1n) is 12.4. The van der Waals surface area contributed by atoms with Crippen molar-refractivity contribution in [3.8, 4) is 5.75 Å². The fraction of sp³-hybridized carbons (Fsp3) is 0.323. The molecule has 0 radical (unpaired) electrons. The van der Waals surface area contributed by atoms with E-state index >= 15 is 0 Å². The molecule has 4 heteroatoms. The van der Waals surface area contributed by atoms with Crippen LogP contribution >= 0.6 is 0 Å². The second-order valence-electron chi connectivity index (χ2n) is 9.48. The molecule has 0 N–H and O–H groups in total. The van der Waals surface area contributed by atoms with Gasteiger partial charge in [-0.05, 0) is 98.5 Å². The number of aryl methyl sites for hydroxylation is 2. The number of methoxy groups -OCH3 is 1. The van der Waals surface area contributed by atoms with Gasteiger partial charge in [-0.2, -0.15) is 0 Å². The summed E-state index contributed by atoms with van der Waals surface area (Å²) >= 11 is 0. The van der Waals surface area contributed by atoms with Crippen LogP contribution < -0.4 is 9.64 Å². The van der Waals surface area contributed by atoms with Crippen LogP contribution in [0.1, 0.15) is 60.5 Å². The normalized spacial score (nSPS) is 17.9. The molecule has 1 amide bonds. The first kappa shape index (κ1) is 24.7. The van der Waals surface area contributed by atoms with Gasteiger partial charge in [-0.15, -0.1) is 0 Å². The summed E-state index contributed by atoms with van der Waals surface area (Å²) in [5, 5.41) is 0. The second-order valence-corrected chi connectivity index (χ2v) is 9.48. The van der Waals surface area contributed by atoms with Gasteiger partial charge in [0.1, 0.15) is 11.6 Å². The molecule has 1 aliphatic heterocycles. The van der Waals surface area contributed by atoms with Crippen molar-refractivity contribution >= 4 is 11.6 Å². The van der Waals surface area contributed by atoms with E-state index in [1.807, 2.05) is 53.4 Å². The number of benzene rings is 3. The predicted octanol–water partition coefficient (Wildman–Crippen LogP) is 7.55. The van der Waals surface area contributed by atoms with Crippen molar-refractivity contribution in [2.45, 2.75) is 57.4 Å². The van der Waals surface area contributed by atoms with E-state index in [1.165, 1.54) is 6.07 Å². The highest BCUT2D eigenvalue weighted by Gasteiger charge is 2.41. The van der Waals surface area contributed by atoms with Gasteiger partial charge < -0.3 is 9.64 Å². The molecule has 1 atom stereocenters. The lowest BCUT2D eigenvalue weighted by Crippen LogP contribution is -2.53. The Labute approximate surface area is 208 Å². The van der Waals surface area contributed by atoms with E-state index in [-0.39, 0.29) is 11.7 Å². The lowest BCUT2D eigenvalue weighted by atomic mass is 9.78. The number of amides is 1. The number of carbonyl (C=O) groups excluding carboxylic acids is 1. The Morgan fingerprint density at radius 3 is 2.57 bits per heavy atom. The molecule has 0 saturated heterocycles. The second kappa shape index (κ2) is 10.9. The van der Waals surface area contributed by atoms with E-state index in [9.17, 15) is 9.18 Å². The van der Waals surface area contributed by atoms with Crippen LogP contribution in [0.2, 0.25) is 0 Å². The highest BCUT2D eigenvalue weighted by atomic mass is 19.1. The van der Waals surface area contributed by atoms with E-state index in [4.69, 9.17) is 4.74 Å². The molecule has 1 aliphatic rings. The lowest BCUT2D eigenvalue weighted by Gasteiger charge is -2.46. The Balaban J connectivity index is 1.68. The number of halogens is 1. The Kier molecular flexibility index (Phi) is 7.70. The number of carbonyl (C=O) groups is 1. The first-order valence-corrected chi connectivity index (χ1v) is 12.4. The molecule has 0 saturated carbocycles. The van der Waals surface area contributed by atoms with Crippen molar-refractivity contribution in [2.75, 3.05) is 12.0 Å². The zero-order valence-electron chi connectivity index (χ0n) is 20.7. The molecule has 1 unspecified atom stereocenters. The van der Waals surface area contributed by atoms with Gasteiger partial charge in [0.05, 0.1) is 12.6 Å². The topological polar surface area (TPSA) is 29.5 Å². The van der Waals surface area contributed by atoms with Gasteiger partial charge >= 0.3 is 0 Å². The van der Waals surface area contributed by atoms with Crippen molar-refractivity contribution in [2.24, 2.45) is 0 Å². The maximum Gasteiger partial charge on any atom is 0.259 e. The van der Waals surface area contributed by atoms with E-state index in [1.54, 1.807) is 19.2 Å². The SMILES string of the molecule is C=C(CCc1cccc(F)c1)CC1(CC)CCCc2ccccc2C(=O)N1c1ccc(OC)cc1. The molecule has 182 valence electrons.